The standard InChI is InChI=1S/C16H19NO/c1-3-16(17)14-6-4-12(5-7-14)13-8-10-15(18-2)11-9-13/h4-11,16H,3,17H2,1-2H3. The lowest BCUT2D eigenvalue weighted by atomic mass is 10.00. The number of rotatable bonds is 4. The van der Waals surface area contributed by atoms with Crippen LogP contribution in [-0.4, -0.2) is 7.11 Å². The minimum Gasteiger partial charge on any atom is -0.497 e. The van der Waals surface area contributed by atoms with Crippen molar-refractivity contribution in [2.45, 2.75) is 19.4 Å². The summed E-state index contributed by atoms with van der Waals surface area (Å²) in [5.74, 6) is 0.878. The van der Waals surface area contributed by atoms with Gasteiger partial charge in [0.25, 0.3) is 0 Å². The summed E-state index contributed by atoms with van der Waals surface area (Å²) in [6, 6.07) is 16.7. The molecule has 0 bridgehead atoms. The smallest absolute Gasteiger partial charge is 0.118 e. The average molecular weight is 241 g/mol. The molecule has 2 aromatic carbocycles. The van der Waals surface area contributed by atoms with Gasteiger partial charge in [-0.3, -0.25) is 0 Å². The van der Waals surface area contributed by atoms with Crippen LogP contribution >= 0.6 is 0 Å². The Morgan fingerprint density at radius 2 is 1.44 bits per heavy atom. The van der Waals surface area contributed by atoms with Gasteiger partial charge in [0.2, 0.25) is 0 Å². The van der Waals surface area contributed by atoms with Gasteiger partial charge in [0.05, 0.1) is 7.11 Å². The molecule has 2 heteroatoms. The van der Waals surface area contributed by atoms with Crippen LogP contribution < -0.4 is 10.5 Å². The van der Waals surface area contributed by atoms with Crippen molar-refractivity contribution in [3.63, 3.8) is 0 Å². The van der Waals surface area contributed by atoms with E-state index in [1.807, 2.05) is 12.1 Å². The summed E-state index contributed by atoms with van der Waals surface area (Å²) in [5, 5.41) is 0. The topological polar surface area (TPSA) is 35.2 Å². The van der Waals surface area contributed by atoms with Gasteiger partial charge in [-0.1, -0.05) is 43.3 Å². The third-order valence-corrected chi connectivity index (χ3v) is 3.20. The van der Waals surface area contributed by atoms with Gasteiger partial charge in [-0.2, -0.15) is 0 Å². The second-order valence-corrected chi connectivity index (χ2v) is 4.37. The van der Waals surface area contributed by atoms with Gasteiger partial charge in [0.15, 0.2) is 0 Å². The summed E-state index contributed by atoms with van der Waals surface area (Å²) < 4.78 is 5.15. The number of hydrogen-bond donors (Lipinski definition) is 1. The summed E-state index contributed by atoms with van der Waals surface area (Å²) in [7, 11) is 1.68. The monoisotopic (exact) mass is 241 g/mol. The summed E-state index contributed by atoms with van der Waals surface area (Å²) in [5.41, 5.74) is 9.58. The third-order valence-electron chi connectivity index (χ3n) is 3.20. The molecule has 0 spiro atoms. The Labute approximate surface area is 108 Å². The van der Waals surface area contributed by atoms with E-state index < -0.39 is 0 Å². The fourth-order valence-corrected chi connectivity index (χ4v) is 1.94. The van der Waals surface area contributed by atoms with E-state index >= 15 is 0 Å². The number of methoxy groups -OCH3 is 1. The largest absolute Gasteiger partial charge is 0.497 e. The molecule has 0 aliphatic heterocycles. The van der Waals surface area contributed by atoms with Crippen LogP contribution in [0.2, 0.25) is 0 Å². The van der Waals surface area contributed by atoms with Crippen molar-refractivity contribution in [2.75, 3.05) is 7.11 Å². The van der Waals surface area contributed by atoms with Crippen LogP contribution in [0.4, 0.5) is 0 Å². The van der Waals surface area contributed by atoms with Crippen LogP contribution in [0, 0.1) is 0 Å². The number of ether oxygens (including phenoxy) is 1. The molecule has 2 N–H and O–H groups in total. The molecule has 0 aromatic heterocycles. The molecule has 0 saturated carbocycles. The molecule has 0 saturated heterocycles. The highest BCUT2D eigenvalue weighted by Gasteiger charge is 2.03. The SMILES string of the molecule is CCC(N)c1ccc(-c2ccc(OC)cc2)cc1. The van der Waals surface area contributed by atoms with Gasteiger partial charge < -0.3 is 10.5 Å². The molecule has 0 aliphatic rings. The molecule has 2 nitrogen and oxygen atoms in total. The van der Waals surface area contributed by atoms with Crippen molar-refractivity contribution in [2.24, 2.45) is 5.73 Å². The number of benzene rings is 2. The van der Waals surface area contributed by atoms with E-state index in [9.17, 15) is 0 Å². The Hall–Kier alpha value is -1.80. The molecule has 2 rings (SSSR count). The van der Waals surface area contributed by atoms with E-state index in [0.29, 0.717) is 0 Å². The van der Waals surface area contributed by atoms with Gasteiger partial charge in [-0.25, -0.2) is 0 Å². The Bertz CT molecular complexity index is 488. The molecule has 2 aromatic rings. The van der Waals surface area contributed by atoms with E-state index in [4.69, 9.17) is 10.5 Å². The van der Waals surface area contributed by atoms with E-state index in [1.165, 1.54) is 16.7 Å². The molecule has 0 fully saturated rings. The molecule has 18 heavy (non-hydrogen) atoms. The highest BCUT2D eigenvalue weighted by molar-refractivity contribution is 5.64. The van der Waals surface area contributed by atoms with Crippen molar-refractivity contribution < 1.29 is 4.74 Å². The van der Waals surface area contributed by atoms with E-state index in [0.717, 1.165) is 12.2 Å². The first-order chi connectivity index (χ1) is 8.74. The summed E-state index contributed by atoms with van der Waals surface area (Å²) in [4.78, 5) is 0. The van der Waals surface area contributed by atoms with E-state index in [2.05, 4.69) is 43.3 Å². The van der Waals surface area contributed by atoms with Crippen LogP contribution in [0.25, 0.3) is 11.1 Å². The Kier molecular flexibility index (Phi) is 4.00. The van der Waals surface area contributed by atoms with Crippen molar-refractivity contribution >= 4 is 0 Å². The highest BCUT2D eigenvalue weighted by Crippen LogP contribution is 2.24. The van der Waals surface area contributed by atoms with Gasteiger partial charge in [0.1, 0.15) is 5.75 Å². The van der Waals surface area contributed by atoms with Gasteiger partial charge in [-0.15, -0.1) is 0 Å². The highest BCUT2D eigenvalue weighted by atomic mass is 16.5. The van der Waals surface area contributed by atoms with Crippen LogP contribution in [0.15, 0.2) is 48.5 Å². The molecule has 94 valence electrons. The molecule has 0 radical (unpaired) electrons. The predicted octanol–water partition coefficient (Wildman–Crippen LogP) is 3.77. The van der Waals surface area contributed by atoms with E-state index in [-0.39, 0.29) is 6.04 Å². The number of hydrogen-bond acceptors (Lipinski definition) is 2. The van der Waals surface area contributed by atoms with Gasteiger partial charge >= 0.3 is 0 Å². The number of nitrogens with two attached hydrogens (primary N) is 1. The second kappa shape index (κ2) is 5.69. The predicted molar refractivity (Wildman–Crippen MR) is 75.6 cm³/mol. The van der Waals surface area contributed by atoms with Crippen LogP contribution in [0.1, 0.15) is 24.9 Å². The fourth-order valence-electron chi connectivity index (χ4n) is 1.94. The van der Waals surface area contributed by atoms with Crippen LogP contribution in [-0.2, 0) is 0 Å². The Balaban J connectivity index is 2.22. The summed E-state index contributed by atoms with van der Waals surface area (Å²) in [6.45, 7) is 2.10. The molecule has 0 aliphatic carbocycles. The summed E-state index contributed by atoms with van der Waals surface area (Å²) in [6.07, 6.45) is 0.960. The average Bonchev–Trinajstić information content (AvgIpc) is 2.47. The Morgan fingerprint density at radius 1 is 0.944 bits per heavy atom. The molecular weight excluding hydrogens is 222 g/mol. The first kappa shape index (κ1) is 12.7. The molecule has 1 unspecified atom stereocenters. The Morgan fingerprint density at radius 3 is 1.89 bits per heavy atom. The zero-order valence-electron chi connectivity index (χ0n) is 10.9. The first-order valence-electron chi connectivity index (χ1n) is 6.24. The third kappa shape index (κ3) is 2.71. The zero-order chi connectivity index (χ0) is 13.0. The van der Waals surface area contributed by atoms with Crippen LogP contribution in [0.5, 0.6) is 5.75 Å². The van der Waals surface area contributed by atoms with Crippen molar-refractivity contribution in [3.8, 4) is 16.9 Å². The second-order valence-electron chi connectivity index (χ2n) is 4.37. The van der Waals surface area contributed by atoms with Gasteiger partial charge in [-0.05, 0) is 35.2 Å². The molecule has 0 amide bonds. The maximum Gasteiger partial charge on any atom is 0.118 e. The fraction of sp³-hybridized carbons (Fsp3) is 0.250. The maximum atomic E-state index is 6.00. The normalized spacial score (nSPS) is 12.2. The maximum absolute atomic E-state index is 6.00. The lowest BCUT2D eigenvalue weighted by Crippen LogP contribution is -2.07. The first-order valence-corrected chi connectivity index (χ1v) is 6.24. The van der Waals surface area contributed by atoms with Gasteiger partial charge in [0, 0.05) is 6.04 Å². The molecule has 0 heterocycles. The van der Waals surface area contributed by atoms with Crippen molar-refractivity contribution in [1.29, 1.82) is 0 Å². The summed E-state index contributed by atoms with van der Waals surface area (Å²) >= 11 is 0. The molecular formula is C16H19NO. The zero-order valence-corrected chi connectivity index (χ0v) is 10.9. The minimum absolute atomic E-state index is 0.134. The lowest BCUT2D eigenvalue weighted by molar-refractivity contribution is 0.415. The van der Waals surface area contributed by atoms with Crippen molar-refractivity contribution in [1.82, 2.24) is 0 Å². The molecule has 1 atom stereocenters. The van der Waals surface area contributed by atoms with Crippen molar-refractivity contribution in [3.05, 3.63) is 54.1 Å². The quantitative estimate of drug-likeness (QED) is 0.884. The lowest BCUT2D eigenvalue weighted by Gasteiger charge is -2.10. The van der Waals surface area contributed by atoms with E-state index in [1.54, 1.807) is 7.11 Å². The minimum atomic E-state index is 0.134. The van der Waals surface area contributed by atoms with Crippen LogP contribution in [0.3, 0.4) is 0 Å².